The van der Waals surface area contributed by atoms with Crippen LogP contribution in [0.2, 0.25) is 5.02 Å². The van der Waals surface area contributed by atoms with Gasteiger partial charge in [0.1, 0.15) is 0 Å². The molecule has 1 saturated heterocycles. The maximum atomic E-state index is 6.09. The molecule has 16 heavy (non-hydrogen) atoms. The zero-order valence-corrected chi connectivity index (χ0v) is 10.3. The number of rotatable bonds is 0. The van der Waals surface area contributed by atoms with E-state index in [0.717, 1.165) is 5.02 Å². The largest absolute Gasteiger partial charge is 0.317 e. The summed E-state index contributed by atoms with van der Waals surface area (Å²) in [7, 11) is 0. The second-order valence-corrected chi connectivity index (χ2v) is 5.62. The lowest BCUT2D eigenvalue weighted by molar-refractivity contribution is 0.268. The quantitative estimate of drug-likeness (QED) is 0.728. The SMILES string of the molecule is Clc1ccc2c(c1)CCCC21CCNCC1. The molecule has 0 amide bonds. The van der Waals surface area contributed by atoms with Crippen molar-refractivity contribution in [3.63, 3.8) is 0 Å². The molecule has 1 spiro atoms. The molecule has 0 aromatic heterocycles. The monoisotopic (exact) mass is 235 g/mol. The van der Waals surface area contributed by atoms with Gasteiger partial charge in [0, 0.05) is 5.02 Å². The summed E-state index contributed by atoms with van der Waals surface area (Å²) in [5, 5.41) is 4.37. The van der Waals surface area contributed by atoms with Gasteiger partial charge in [0.15, 0.2) is 0 Å². The summed E-state index contributed by atoms with van der Waals surface area (Å²) in [6.07, 6.45) is 6.49. The van der Waals surface area contributed by atoms with Gasteiger partial charge in [-0.3, -0.25) is 0 Å². The molecule has 0 saturated carbocycles. The Labute approximate surface area is 102 Å². The minimum absolute atomic E-state index is 0.462. The van der Waals surface area contributed by atoms with E-state index in [1.54, 1.807) is 5.56 Å². The van der Waals surface area contributed by atoms with Gasteiger partial charge in [0.05, 0.1) is 0 Å². The molecule has 0 bridgehead atoms. The minimum atomic E-state index is 0.462. The van der Waals surface area contributed by atoms with Gasteiger partial charge in [-0.05, 0) is 73.9 Å². The van der Waals surface area contributed by atoms with E-state index in [1.165, 1.54) is 50.8 Å². The van der Waals surface area contributed by atoms with Crippen LogP contribution < -0.4 is 5.32 Å². The Hall–Kier alpha value is -0.530. The van der Waals surface area contributed by atoms with E-state index in [4.69, 9.17) is 11.6 Å². The Bertz CT molecular complexity index is 394. The van der Waals surface area contributed by atoms with E-state index in [2.05, 4.69) is 23.5 Å². The van der Waals surface area contributed by atoms with Crippen LogP contribution in [0.15, 0.2) is 18.2 Å². The van der Waals surface area contributed by atoms with Crippen molar-refractivity contribution in [3.8, 4) is 0 Å². The highest BCUT2D eigenvalue weighted by Gasteiger charge is 2.37. The first-order valence-corrected chi connectivity index (χ1v) is 6.68. The van der Waals surface area contributed by atoms with Crippen molar-refractivity contribution in [3.05, 3.63) is 34.3 Å². The second kappa shape index (κ2) is 4.05. The summed E-state index contributed by atoms with van der Waals surface area (Å²) in [5.41, 5.74) is 3.55. The summed E-state index contributed by atoms with van der Waals surface area (Å²) in [6.45, 7) is 2.34. The fourth-order valence-electron chi connectivity index (χ4n) is 3.46. The van der Waals surface area contributed by atoms with Crippen molar-refractivity contribution in [2.45, 2.75) is 37.5 Å². The highest BCUT2D eigenvalue weighted by atomic mass is 35.5. The summed E-state index contributed by atoms with van der Waals surface area (Å²) in [4.78, 5) is 0. The molecule has 0 radical (unpaired) electrons. The van der Waals surface area contributed by atoms with Crippen molar-refractivity contribution in [1.82, 2.24) is 5.32 Å². The van der Waals surface area contributed by atoms with Crippen LogP contribution in [0.5, 0.6) is 0 Å². The van der Waals surface area contributed by atoms with Crippen LogP contribution in [0.3, 0.4) is 0 Å². The zero-order chi connectivity index (χ0) is 11.0. The maximum absolute atomic E-state index is 6.09. The number of hydrogen-bond acceptors (Lipinski definition) is 1. The van der Waals surface area contributed by atoms with Crippen LogP contribution in [0.4, 0.5) is 0 Å². The van der Waals surface area contributed by atoms with E-state index in [9.17, 15) is 0 Å². The molecule has 1 heterocycles. The molecule has 1 aromatic carbocycles. The molecule has 1 aliphatic carbocycles. The molecule has 3 rings (SSSR count). The molecular weight excluding hydrogens is 218 g/mol. The first-order valence-electron chi connectivity index (χ1n) is 6.30. The Morgan fingerprint density at radius 1 is 1.12 bits per heavy atom. The van der Waals surface area contributed by atoms with Crippen LogP contribution in [0.1, 0.15) is 36.8 Å². The normalized spacial score (nSPS) is 23.1. The van der Waals surface area contributed by atoms with Crippen molar-refractivity contribution >= 4 is 11.6 Å². The Kier molecular flexibility index (Phi) is 2.68. The lowest BCUT2D eigenvalue weighted by Gasteiger charge is -2.42. The molecule has 1 aliphatic heterocycles. The van der Waals surface area contributed by atoms with Crippen molar-refractivity contribution in [2.75, 3.05) is 13.1 Å². The first-order chi connectivity index (χ1) is 7.80. The Balaban J connectivity index is 2.04. The van der Waals surface area contributed by atoms with E-state index in [0.29, 0.717) is 5.41 Å². The van der Waals surface area contributed by atoms with Crippen molar-refractivity contribution in [2.24, 2.45) is 0 Å². The molecule has 2 heteroatoms. The first kappa shape index (κ1) is 10.6. The van der Waals surface area contributed by atoms with Crippen LogP contribution in [-0.2, 0) is 11.8 Å². The van der Waals surface area contributed by atoms with E-state index < -0.39 is 0 Å². The number of nitrogens with one attached hydrogen (secondary N) is 1. The summed E-state index contributed by atoms with van der Waals surface area (Å²) >= 11 is 6.09. The smallest absolute Gasteiger partial charge is 0.0408 e. The molecular formula is C14H18ClN. The van der Waals surface area contributed by atoms with E-state index >= 15 is 0 Å². The molecule has 0 unspecified atom stereocenters. The third kappa shape index (κ3) is 1.66. The molecule has 1 N–H and O–H groups in total. The lowest BCUT2D eigenvalue weighted by atomic mass is 9.65. The molecule has 86 valence electrons. The van der Waals surface area contributed by atoms with E-state index in [1.807, 2.05) is 0 Å². The van der Waals surface area contributed by atoms with Crippen LogP contribution in [0.25, 0.3) is 0 Å². The van der Waals surface area contributed by atoms with Gasteiger partial charge >= 0.3 is 0 Å². The average Bonchev–Trinajstić information content (AvgIpc) is 2.30. The second-order valence-electron chi connectivity index (χ2n) is 5.19. The topological polar surface area (TPSA) is 12.0 Å². The number of fused-ring (bicyclic) bond motifs is 2. The van der Waals surface area contributed by atoms with Gasteiger partial charge in [-0.2, -0.15) is 0 Å². The van der Waals surface area contributed by atoms with Crippen LogP contribution in [0, 0.1) is 0 Å². The summed E-state index contributed by atoms with van der Waals surface area (Å²) < 4.78 is 0. The van der Waals surface area contributed by atoms with E-state index in [-0.39, 0.29) is 0 Å². The molecule has 1 aromatic rings. The standard InChI is InChI=1S/C14H18ClN/c15-12-3-4-13-11(10-12)2-1-5-14(13)6-8-16-9-7-14/h3-4,10,16H,1-2,5-9H2. The average molecular weight is 236 g/mol. The number of halogens is 1. The fraction of sp³-hybridized carbons (Fsp3) is 0.571. The third-order valence-corrected chi connectivity index (χ3v) is 4.54. The maximum Gasteiger partial charge on any atom is 0.0408 e. The predicted molar refractivity (Wildman–Crippen MR) is 68.2 cm³/mol. The fourth-order valence-corrected chi connectivity index (χ4v) is 3.66. The van der Waals surface area contributed by atoms with Gasteiger partial charge in [-0.1, -0.05) is 17.7 Å². The molecule has 0 atom stereocenters. The Morgan fingerprint density at radius 3 is 2.75 bits per heavy atom. The number of aryl methyl sites for hydroxylation is 1. The highest BCUT2D eigenvalue weighted by molar-refractivity contribution is 6.30. The number of benzene rings is 1. The molecule has 1 nitrogen and oxygen atoms in total. The van der Waals surface area contributed by atoms with Crippen LogP contribution >= 0.6 is 11.6 Å². The lowest BCUT2D eigenvalue weighted by Crippen LogP contribution is -2.42. The van der Waals surface area contributed by atoms with Crippen molar-refractivity contribution in [1.29, 1.82) is 0 Å². The van der Waals surface area contributed by atoms with Gasteiger partial charge in [-0.15, -0.1) is 0 Å². The third-order valence-electron chi connectivity index (χ3n) is 4.30. The van der Waals surface area contributed by atoms with Gasteiger partial charge in [0.2, 0.25) is 0 Å². The molecule has 2 aliphatic rings. The van der Waals surface area contributed by atoms with Gasteiger partial charge in [-0.25, -0.2) is 0 Å². The number of piperidine rings is 1. The van der Waals surface area contributed by atoms with Gasteiger partial charge < -0.3 is 5.32 Å². The van der Waals surface area contributed by atoms with Crippen molar-refractivity contribution < 1.29 is 0 Å². The number of hydrogen-bond donors (Lipinski definition) is 1. The highest BCUT2D eigenvalue weighted by Crippen LogP contribution is 2.44. The van der Waals surface area contributed by atoms with Crippen LogP contribution in [-0.4, -0.2) is 13.1 Å². The summed E-state index contributed by atoms with van der Waals surface area (Å²) in [5.74, 6) is 0. The van der Waals surface area contributed by atoms with Gasteiger partial charge in [0.25, 0.3) is 0 Å². The summed E-state index contributed by atoms with van der Waals surface area (Å²) in [6, 6.07) is 6.53. The minimum Gasteiger partial charge on any atom is -0.317 e. The Morgan fingerprint density at radius 2 is 1.94 bits per heavy atom. The zero-order valence-electron chi connectivity index (χ0n) is 9.56. The predicted octanol–water partition coefficient (Wildman–Crippen LogP) is 3.30. The molecule has 1 fully saturated rings.